The van der Waals surface area contributed by atoms with Gasteiger partial charge in [0, 0.05) is 27.1 Å². The summed E-state index contributed by atoms with van der Waals surface area (Å²) in [6.45, 7) is 1.91. The first kappa shape index (κ1) is 15.7. The van der Waals surface area contributed by atoms with E-state index >= 15 is 0 Å². The average molecular weight is 350 g/mol. The van der Waals surface area contributed by atoms with Crippen molar-refractivity contribution in [3.8, 4) is 5.75 Å². The Balaban J connectivity index is 1.98. The van der Waals surface area contributed by atoms with Crippen molar-refractivity contribution in [2.24, 2.45) is 0 Å². The molecule has 0 amide bonds. The van der Waals surface area contributed by atoms with E-state index in [4.69, 9.17) is 16.3 Å². The summed E-state index contributed by atoms with van der Waals surface area (Å²) in [6, 6.07) is 17.0. The van der Waals surface area contributed by atoms with Gasteiger partial charge in [-0.2, -0.15) is 0 Å². The van der Waals surface area contributed by atoms with Crippen molar-refractivity contribution in [3.63, 3.8) is 0 Å². The monoisotopic (exact) mass is 349 g/mol. The number of aromatic nitrogens is 1. The van der Waals surface area contributed by atoms with Crippen LogP contribution >= 0.6 is 11.6 Å². The summed E-state index contributed by atoms with van der Waals surface area (Å²) in [5.41, 5.74) is 2.97. The second-order valence-corrected chi connectivity index (χ2v) is 6.38. The number of H-pyrrole nitrogens is 1. The van der Waals surface area contributed by atoms with Gasteiger partial charge in [-0.15, -0.1) is 0 Å². The fraction of sp³-hybridized carbons (Fsp3) is 0.0952. The van der Waals surface area contributed by atoms with Crippen molar-refractivity contribution in [2.75, 3.05) is 7.11 Å². The van der Waals surface area contributed by atoms with E-state index in [0.29, 0.717) is 16.1 Å². The molecule has 0 atom stereocenters. The number of aryl methyl sites for hydroxylation is 1. The van der Waals surface area contributed by atoms with Gasteiger partial charge in [0.15, 0.2) is 5.78 Å². The second-order valence-electron chi connectivity index (χ2n) is 5.98. The molecule has 0 bridgehead atoms. The van der Waals surface area contributed by atoms with Crippen molar-refractivity contribution >= 4 is 39.1 Å². The van der Waals surface area contributed by atoms with Crippen molar-refractivity contribution in [1.29, 1.82) is 0 Å². The number of ether oxygens (including phenoxy) is 1. The highest BCUT2D eigenvalue weighted by Gasteiger charge is 2.21. The Bertz CT molecular complexity index is 1130. The molecule has 0 aliphatic heterocycles. The summed E-state index contributed by atoms with van der Waals surface area (Å²) in [4.78, 5) is 16.6. The van der Waals surface area contributed by atoms with Crippen LogP contribution in [0.3, 0.4) is 0 Å². The van der Waals surface area contributed by atoms with Gasteiger partial charge in [0.2, 0.25) is 0 Å². The van der Waals surface area contributed by atoms with Gasteiger partial charge in [0.25, 0.3) is 0 Å². The third-order valence-electron chi connectivity index (χ3n) is 4.55. The number of hydrogen-bond acceptors (Lipinski definition) is 2. The Morgan fingerprint density at radius 3 is 2.44 bits per heavy atom. The van der Waals surface area contributed by atoms with Gasteiger partial charge in [0.1, 0.15) is 5.75 Å². The number of fused-ring (bicyclic) bond motifs is 2. The fourth-order valence-electron chi connectivity index (χ4n) is 3.38. The van der Waals surface area contributed by atoms with E-state index < -0.39 is 0 Å². The Morgan fingerprint density at radius 1 is 0.960 bits per heavy atom. The molecule has 0 unspecified atom stereocenters. The summed E-state index contributed by atoms with van der Waals surface area (Å²) in [6.07, 6.45) is 0. The summed E-state index contributed by atoms with van der Waals surface area (Å²) in [5, 5.41) is 3.24. The number of ketones is 1. The highest BCUT2D eigenvalue weighted by atomic mass is 35.5. The maximum Gasteiger partial charge on any atom is 0.196 e. The molecule has 3 aromatic carbocycles. The first-order valence-corrected chi connectivity index (χ1v) is 8.37. The molecule has 1 N–H and O–H groups in total. The van der Waals surface area contributed by atoms with E-state index in [1.807, 2.05) is 49.4 Å². The first-order valence-electron chi connectivity index (χ1n) is 7.99. The van der Waals surface area contributed by atoms with Gasteiger partial charge in [-0.3, -0.25) is 4.79 Å². The zero-order valence-corrected chi connectivity index (χ0v) is 14.6. The highest BCUT2D eigenvalue weighted by Crippen LogP contribution is 2.33. The smallest absolute Gasteiger partial charge is 0.196 e. The summed E-state index contributed by atoms with van der Waals surface area (Å²) < 4.78 is 5.41. The normalized spacial score (nSPS) is 11.2. The molecular formula is C21H16ClNO2. The minimum atomic E-state index is -0.0233. The Labute approximate surface area is 150 Å². The van der Waals surface area contributed by atoms with Gasteiger partial charge in [-0.25, -0.2) is 0 Å². The second kappa shape index (κ2) is 5.94. The molecule has 0 fully saturated rings. The van der Waals surface area contributed by atoms with Crippen molar-refractivity contribution in [3.05, 3.63) is 76.4 Å². The zero-order valence-electron chi connectivity index (χ0n) is 13.9. The molecule has 0 aliphatic carbocycles. The molecule has 1 heterocycles. The third kappa shape index (κ3) is 2.39. The van der Waals surface area contributed by atoms with Gasteiger partial charge < -0.3 is 9.72 Å². The molecule has 0 radical (unpaired) electrons. The average Bonchev–Trinajstić information content (AvgIpc) is 2.97. The number of carbonyl (C=O) groups is 1. The number of nitrogens with one attached hydrogen (secondary N) is 1. The van der Waals surface area contributed by atoms with E-state index in [0.717, 1.165) is 33.1 Å². The Hall–Kier alpha value is -2.78. The van der Waals surface area contributed by atoms with Gasteiger partial charge in [-0.1, -0.05) is 48.0 Å². The number of methoxy groups -OCH3 is 1. The van der Waals surface area contributed by atoms with E-state index in [1.54, 1.807) is 19.2 Å². The lowest BCUT2D eigenvalue weighted by atomic mass is 9.95. The van der Waals surface area contributed by atoms with Crippen LogP contribution in [0.4, 0.5) is 0 Å². The number of hydrogen-bond donors (Lipinski definition) is 1. The Morgan fingerprint density at radius 2 is 1.68 bits per heavy atom. The lowest BCUT2D eigenvalue weighted by Gasteiger charge is -2.08. The largest absolute Gasteiger partial charge is 0.495 e. The number of aromatic amines is 1. The molecule has 4 heteroatoms. The summed E-state index contributed by atoms with van der Waals surface area (Å²) >= 11 is 6.29. The van der Waals surface area contributed by atoms with E-state index in [1.165, 1.54) is 0 Å². The lowest BCUT2D eigenvalue weighted by Crippen LogP contribution is -2.03. The van der Waals surface area contributed by atoms with Crippen LogP contribution in [0.1, 0.15) is 21.6 Å². The van der Waals surface area contributed by atoms with Crippen LogP contribution in [0, 0.1) is 6.92 Å². The Kier molecular flexibility index (Phi) is 3.74. The van der Waals surface area contributed by atoms with Gasteiger partial charge in [0.05, 0.1) is 18.2 Å². The van der Waals surface area contributed by atoms with Crippen LogP contribution in [0.25, 0.3) is 21.7 Å². The van der Waals surface area contributed by atoms with Gasteiger partial charge in [-0.05, 0) is 30.5 Å². The number of halogens is 1. The summed E-state index contributed by atoms with van der Waals surface area (Å²) in [5.74, 6) is 0.700. The van der Waals surface area contributed by atoms with E-state index in [2.05, 4.69) is 4.98 Å². The lowest BCUT2D eigenvalue weighted by molar-refractivity contribution is 0.104. The van der Waals surface area contributed by atoms with Crippen molar-refractivity contribution < 1.29 is 9.53 Å². The molecule has 0 saturated heterocycles. The maximum atomic E-state index is 13.4. The molecule has 25 heavy (non-hydrogen) atoms. The van der Waals surface area contributed by atoms with Gasteiger partial charge >= 0.3 is 0 Å². The fourth-order valence-corrected chi connectivity index (χ4v) is 3.61. The van der Waals surface area contributed by atoms with Crippen LogP contribution in [-0.4, -0.2) is 17.9 Å². The number of rotatable bonds is 3. The van der Waals surface area contributed by atoms with Crippen LogP contribution in [0.5, 0.6) is 5.75 Å². The number of para-hydroxylation sites is 1. The predicted octanol–water partition coefficient (Wildman–Crippen LogP) is 5.52. The molecular weight excluding hydrogens is 334 g/mol. The maximum absolute atomic E-state index is 13.4. The third-order valence-corrected chi connectivity index (χ3v) is 4.88. The molecule has 0 saturated carbocycles. The molecule has 3 nitrogen and oxygen atoms in total. The van der Waals surface area contributed by atoms with Crippen LogP contribution in [0.2, 0.25) is 5.02 Å². The minimum absolute atomic E-state index is 0.0233. The van der Waals surface area contributed by atoms with Crippen LogP contribution in [-0.2, 0) is 0 Å². The SMILES string of the molecule is COc1cccc2c(C(=O)c3ccc(Cl)c4ccccc34)c(C)[nH]c12. The number of benzene rings is 3. The minimum Gasteiger partial charge on any atom is -0.495 e. The van der Waals surface area contributed by atoms with Crippen molar-refractivity contribution in [1.82, 2.24) is 4.98 Å². The molecule has 0 spiro atoms. The summed E-state index contributed by atoms with van der Waals surface area (Å²) in [7, 11) is 1.62. The topological polar surface area (TPSA) is 42.1 Å². The van der Waals surface area contributed by atoms with Crippen molar-refractivity contribution in [2.45, 2.75) is 6.92 Å². The standard InChI is InChI=1S/C21H16ClNO2/c1-12-19(16-8-5-9-18(25-2)20(16)23-12)21(24)15-10-11-17(22)14-7-4-3-6-13(14)15/h3-11,23H,1-2H3. The molecule has 4 aromatic rings. The molecule has 0 aliphatic rings. The molecule has 124 valence electrons. The number of carbonyl (C=O) groups excluding carboxylic acids is 1. The van der Waals surface area contributed by atoms with E-state index in [-0.39, 0.29) is 5.78 Å². The quantitative estimate of drug-likeness (QED) is 0.494. The van der Waals surface area contributed by atoms with Crippen LogP contribution in [0.15, 0.2) is 54.6 Å². The predicted molar refractivity (Wildman–Crippen MR) is 102 cm³/mol. The zero-order chi connectivity index (χ0) is 17.6. The highest BCUT2D eigenvalue weighted by molar-refractivity contribution is 6.36. The molecule has 4 rings (SSSR count). The van der Waals surface area contributed by atoms with Crippen LogP contribution < -0.4 is 4.74 Å². The molecule has 1 aromatic heterocycles. The first-order chi connectivity index (χ1) is 12.1. The van der Waals surface area contributed by atoms with E-state index in [9.17, 15) is 4.79 Å².